The molecule has 0 unspecified atom stereocenters. The van der Waals surface area contributed by atoms with Crippen molar-refractivity contribution >= 4 is 57.2 Å². The van der Waals surface area contributed by atoms with Gasteiger partial charge in [-0.25, -0.2) is 0 Å². The Labute approximate surface area is 363 Å². The van der Waals surface area contributed by atoms with E-state index in [-0.39, 0.29) is 17.5 Å². The Kier molecular flexibility index (Phi) is 7.41. The number of fused-ring (bicyclic) bond motifs is 12. The van der Waals surface area contributed by atoms with Gasteiger partial charge in [0.25, 0.3) is 6.71 Å². The van der Waals surface area contributed by atoms with Gasteiger partial charge in [-0.15, -0.1) is 0 Å². The van der Waals surface area contributed by atoms with Crippen LogP contribution in [0.25, 0.3) is 22.3 Å². The molecular weight excluding hydrogens is 763 g/mol. The molecule has 13 rings (SSSR count). The minimum atomic E-state index is -0.173. The number of ether oxygens (including phenoxy) is 4. The normalized spacial score (nSPS) is 17.4. The Hall–Kier alpha value is -6.60. The van der Waals surface area contributed by atoms with Crippen LogP contribution in [0.15, 0.2) is 121 Å². The maximum absolute atomic E-state index is 6.52. The van der Waals surface area contributed by atoms with E-state index in [9.17, 15) is 0 Å². The fraction of sp³-hybridized carbons (Fsp3) is 0.236. The summed E-state index contributed by atoms with van der Waals surface area (Å²) in [5.74, 6) is 3.13. The van der Waals surface area contributed by atoms with Crippen LogP contribution in [0, 0.1) is 6.92 Å². The minimum Gasteiger partial charge on any atom is -0.490 e. The predicted molar refractivity (Wildman–Crippen MR) is 252 cm³/mol. The third-order valence-electron chi connectivity index (χ3n) is 14.6. The smallest absolute Gasteiger partial charge is 0.252 e. The van der Waals surface area contributed by atoms with Crippen LogP contribution in [0.1, 0.15) is 68.4 Å². The molecular formula is C55H47BN2O4. The molecule has 0 spiro atoms. The van der Waals surface area contributed by atoms with E-state index < -0.39 is 0 Å². The second-order valence-electron chi connectivity index (χ2n) is 18.9. The van der Waals surface area contributed by atoms with E-state index in [0.717, 1.165) is 58.6 Å². The first-order valence-electron chi connectivity index (χ1n) is 22.3. The molecule has 4 aliphatic heterocycles. The summed E-state index contributed by atoms with van der Waals surface area (Å²) >= 11 is 0. The molecule has 0 amide bonds. The summed E-state index contributed by atoms with van der Waals surface area (Å²) in [4.78, 5) is 5.01. The Morgan fingerprint density at radius 2 is 0.935 bits per heavy atom. The highest BCUT2D eigenvalue weighted by atomic mass is 16.5. The Bertz CT molecular complexity index is 3100. The predicted octanol–water partition coefficient (Wildman–Crippen LogP) is 11.0. The molecule has 0 saturated heterocycles. The van der Waals surface area contributed by atoms with Crippen molar-refractivity contribution in [1.29, 1.82) is 0 Å². The number of aryl methyl sites for hydroxylation is 1. The molecule has 7 aromatic carbocycles. The van der Waals surface area contributed by atoms with Crippen LogP contribution in [-0.2, 0) is 10.8 Å². The van der Waals surface area contributed by atoms with E-state index >= 15 is 0 Å². The zero-order valence-electron chi connectivity index (χ0n) is 35.9. The lowest BCUT2D eigenvalue weighted by molar-refractivity contribution is 0.296. The summed E-state index contributed by atoms with van der Waals surface area (Å²) in [5.41, 5.74) is 22.2. The molecule has 0 atom stereocenters. The lowest BCUT2D eigenvalue weighted by Crippen LogP contribution is -2.61. The molecule has 0 radical (unpaired) electrons. The van der Waals surface area contributed by atoms with Crippen molar-refractivity contribution in [3.63, 3.8) is 0 Å². The Morgan fingerprint density at radius 3 is 1.61 bits per heavy atom. The van der Waals surface area contributed by atoms with Gasteiger partial charge in [0.1, 0.15) is 0 Å². The monoisotopic (exact) mass is 810 g/mol. The van der Waals surface area contributed by atoms with Gasteiger partial charge in [-0.1, -0.05) is 88.4 Å². The molecule has 0 N–H and O–H groups in total. The minimum absolute atomic E-state index is 0.0908. The van der Waals surface area contributed by atoms with Crippen molar-refractivity contribution in [3.8, 4) is 45.3 Å². The molecule has 0 fully saturated rings. The molecule has 62 heavy (non-hydrogen) atoms. The molecule has 6 aliphatic rings. The van der Waals surface area contributed by atoms with Crippen molar-refractivity contribution in [2.75, 3.05) is 36.2 Å². The van der Waals surface area contributed by atoms with Crippen molar-refractivity contribution < 1.29 is 18.9 Å². The first kappa shape index (κ1) is 36.1. The average Bonchev–Trinajstić information content (AvgIpc) is 3.46. The maximum Gasteiger partial charge on any atom is 0.252 e. The molecule has 7 heteroatoms. The summed E-state index contributed by atoms with van der Waals surface area (Å²) < 4.78 is 25.5. The van der Waals surface area contributed by atoms with Gasteiger partial charge < -0.3 is 28.7 Å². The molecule has 0 bridgehead atoms. The quantitative estimate of drug-likeness (QED) is 0.162. The number of hydrogen-bond acceptors (Lipinski definition) is 6. The first-order valence-corrected chi connectivity index (χ1v) is 22.3. The second kappa shape index (κ2) is 12.7. The largest absolute Gasteiger partial charge is 0.490 e. The fourth-order valence-electron chi connectivity index (χ4n) is 11.7. The molecule has 2 aliphatic carbocycles. The van der Waals surface area contributed by atoms with Crippen LogP contribution in [0.5, 0.6) is 23.0 Å². The molecule has 0 aromatic heterocycles. The Balaban J connectivity index is 1.12. The highest BCUT2D eigenvalue weighted by Gasteiger charge is 2.47. The average molecular weight is 811 g/mol. The molecule has 7 aromatic rings. The zero-order valence-corrected chi connectivity index (χ0v) is 35.9. The summed E-state index contributed by atoms with van der Waals surface area (Å²) in [6, 6.07) is 45.9. The van der Waals surface area contributed by atoms with Crippen molar-refractivity contribution in [3.05, 3.63) is 149 Å². The van der Waals surface area contributed by atoms with Gasteiger partial charge in [-0.3, -0.25) is 0 Å². The van der Waals surface area contributed by atoms with Gasteiger partial charge >= 0.3 is 0 Å². The van der Waals surface area contributed by atoms with Crippen LogP contribution in [0.2, 0.25) is 0 Å². The number of nitrogens with zero attached hydrogens (tertiary/aromatic N) is 2. The zero-order chi connectivity index (χ0) is 41.6. The van der Waals surface area contributed by atoms with Gasteiger partial charge in [0.05, 0.1) is 32.1 Å². The van der Waals surface area contributed by atoms with Crippen LogP contribution in [0.4, 0.5) is 34.1 Å². The summed E-state index contributed by atoms with van der Waals surface area (Å²) in [7, 11) is 0. The molecule has 304 valence electrons. The molecule has 0 saturated carbocycles. The van der Waals surface area contributed by atoms with Crippen LogP contribution in [0.3, 0.4) is 0 Å². The summed E-state index contributed by atoms with van der Waals surface area (Å²) in [6.07, 6.45) is 1.68. The van der Waals surface area contributed by atoms with Gasteiger partial charge in [0, 0.05) is 64.2 Å². The number of hydrogen-bond donors (Lipinski definition) is 0. The van der Waals surface area contributed by atoms with Crippen LogP contribution in [-0.4, -0.2) is 33.1 Å². The first-order chi connectivity index (χ1) is 30.2. The third-order valence-corrected chi connectivity index (χ3v) is 14.6. The second-order valence-corrected chi connectivity index (χ2v) is 18.9. The lowest BCUT2D eigenvalue weighted by Gasteiger charge is -2.45. The van der Waals surface area contributed by atoms with Crippen molar-refractivity contribution in [1.82, 2.24) is 0 Å². The maximum atomic E-state index is 6.52. The highest BCUT2D eigenvalue weighted by Crippen LogP contribution is 2.55. The van der Waals surface area contributed by atoms with Crippen LogP contribution >= 0.6 is 0 Å². The molecule has 6 nitrogen and oxygen atoms in total. The van der Waals surface area contributed by atoms with E-state index in [4.69, 9.17) is 18.9 Å². The highest BCUT2D eigenvalue weighted by molar-refractivity contribution is 7.00. The number of rotatable bonds is 2. The third kappa shape index (κ3) is 4.88. The fourth-order valence-corrected chi connectivity index (χ4v) is 11.7. The number of anilines is 6. The van der Waals surface area contributed by atoms with Gasteiger partial charge in [0.2, 0.25) is 0 Å². The SMILES string of the molecule is Cc1cc2c3c(c1)N(c1ccc4c(c1)C(C)(C)c1ccccc1-4)c1cc4c(cc1B3c1cc3c(cc1N2c1ccc2c(c1)OCCCO2)OCCCO3)-c1ccccc1C4(C)C. The number of benzene rings is 7. The van der Waals surface area contributed by atoms with E-state index in [1.165, 1.54) is 77.8 Å². The summed E-state index contributed by atoms with van der Waals surface area (Å²) in [5, 5.41) is 0. The standard InChI is InChI=1S/C55H47BN2O4/c1-32-24-47-53-48(25-32)58(34-17-19-49-50(27-34)60-21-10-20-59-49)46-31-52-51(61-22-11-23-62-52)30-44(46)56(53)43-28-38-36-13-7-9-15-40(36)55(4,5)42(38)29-45(43)57(47)33-16-18-37-35-12-6-8-14-39(35)54(2,3)41(37)26-33/h6-9,12-19,24-31H,10-11,20-23H2,1-5H3. The molecule has 4 heterocycles. The van der Waals surface area contributed by atoms with E-state index in [0.29, 0.717) is 26.4 Å². The van der Waals surface area contributed by atoms with E-state index in [1.807, 2.05) is 0 Å². The summed E-state index contributed by atoms with van der Waals surface area (Å²) in [6.45, 7) is 14.2. The van der Waals surface area contributed by atoms with E-state index in [2.05, 4.69) is 166 Å². The van der Waals surface area contributed by atoms with Crippen LogP contribution < -0.4 is 45.1 Å². The van der Waals surface area contributed by atoms with E-state index in [1.54, 1.807) is 0 Å². The van der Waals surface area contributed by atoms with Crippen molar-refractivity contribution in [2.45, 2.75) is 58.3 Å². The topological polar surface area (TPSA) is 43.4 Å². The Morgan fingerprint density at radius 1 is 0.435 bits per heavy atom. The van der Waals surface area contributed by atoms with Gasteiger partial charge in [-0.2, -0.15) is 0 Å². The van der Waals surface area contributed by atoms with Gasteiger partial charge in [-0.05, 0) is 122 Å². The van der Waals surface area contributed by atoms with Crippen molar-refractivity contribution in [2.24, 2.45) is 0 Å². The van der Waals surface area contributed by atoms with Gasteiger partial charge in [0.15, 0.2) is 23.0 Å². The lowest BCUT2D eigenvalue weighted by atomic mass is 9.33.